The summed E-state index contributed by atoms with van der Waals surface area (Å²) >= 11 is 6.06. The molecule has 0 spiro atoms. The number of aromatic nitrogens is 1. The molecule has 0 radical (unpaired) electrons. The number of nitrogens with one attached hydrogen (secondary N) is 1. The van der Waals surface area contributed by atoms with Crippen LogP contribution >= 0.6 is 11.6 Å². The standard InChI is InChI=1S/C19H20ClN3O2/c20-14-8-3-4-9-15(14)22-18(24)16-10-7-11-17(21-16)19(25)23-12-5-1-2-6-13-23/h3-4,7-11H,1-2,5-6,12-13H2,(H,22,24). The highest BCUT2D eigenvalue weighted by Crippen LogP contribution is 2.21. The predicted octanol–water partition coefficient (Wildman–Crippen LogP) is 4.00. The smallest absolute Gasteiger partial charge is 0.274 e. The third-order valence-corrected chi connectivity index (χ3v) is 4.55. The number of hydrogen-bond acceptors (Lipinski definition) is 3. The number of amides is 2. The zero-order chi connectivity index (χ0) is 17.6. The van der Waals surface area contributed by atoms with Crippen LogP contribution in [0.5, 0.6) is 0 Å². The number of benzene rings is 1. The fourth-order valence-corrected chi connectivity index (χ4v) is 3.05. The monoisotopic (exact) mass is 357 g/mol. The number of carbonyl (C=O) groups is 2. The van der Waals surface area contributed by atoms with Crippen molar-refractivity contribution in [3.63, 3.8) is 0 Å². The molecule has 1 aromatic carbocycles. The SMILES string of the molecule is O=C(Nc1ccccc1Cl)c1cccc(C(=O)N2CCCCCC2)n1. The van der Waals surface area contributed by atoms with Crippen LogP contribution in [0.4, 0.5) is 5.69 Å². The van der Waals surface area contributed by atoms with E-state index >= 15 is 0 Å². The molecule has 1 saturated heterocycles. The second-order valence-corrected chi connectivity index (χ2v) is 6.46. The Morgan fingerprint density at radius 2 is 1.60 bits per heavy atom. The van der Waals surface area contributed by atoms with E-state index in [-0.39, 0.29) is 11.6 Å². The number of likely N-dealkylation sites (tertiary alicyclic amines) is 1. The molecule has 2 amide bonds. The summed E-state index contributed by atoms with van der Waals surface area (Å²) < 4.78 is 0. The van der Waals surface area contributed by atoms with Gasteiger partial charge < -0.3 is 10.2 Å². The van der Waals surface area contributed by atoms with Crippen LogP contribution in [-0.2, 0) is 0 Å². The van der Waals surface area contributed by atoms with Gasteiger partial charge in [0, 0.05) is 13.1 Å². The average Bonchev–Trinajstić information content (AvgIpc) is 2.92. The van der Waals surface area contributed by atoms with E-state index in [4.69, 9.17) is 11.6 Å². The lowest BCUT2D eigenvalue weighted by atomic mass is 10.2. The molecule has 0 saturated carbocycles. The highest BCUT2D eigenvalue weighted by molar-refractivity contribution is 6.33. The molecule has 0 aliphatic carbocycles. The van der Waals surface area contributed by atoms with E-state index in [1.54, 1.807) is 42.5 Å². The van der Waals surface area contributed by atoms with Gasteiger partial charge in [-0.2, -0.15) is 0 Å². The topological polar surface area (TPSA) is 62.3 Å². The van der Waals surface area contributed by atoms with Crippen LogP contribution in [0.2, 0.25) is 5.02 Å². The number of hydrogen-bond donors (Lipinski definition) is 1. The largest absolute Gasteiger partial charge is 0.337 e. The normalized spacial score (nSPS) is 14.7. The molecule has 0 atom stereocenters. The Balaban J connectivity index is 1.75. The Morgan fingerprint density at radius 1 is 0.920 bits per heavy atom. The van der Waals surface area contributed by atoms with Gasteiger partial charge in [-0.3, -0.25) is 9.59 Å². The molecule has 5 nitrogen and oxygen atoms in total. The number of pyridine rings is 1. The summed E-state index contributed by atoms with van der Waals surface area (Å²) in [7, 11) is 0. The van der Waals surface area contributed by atoms with E-state index in [1.165, 1.54) is 0 Å². The molecule has 130 valence electrons. The van der Waals surface area contributed by atoms with Crippen molar-refractivity contribution in [2.75, 3.05) is 18.4 Å². The molecule has 0 unspecified atom stereocenters. The number of anilines is 1. The van der Waals surface area contributed by atoms with Gasteiger partial charge in [-0.15, -0.1) is 0 Å². The summed E-state index contributed by atoms with van der Waals surface area (Å²) in [6.07, 6.45) is 4.33. The second-order valence-electron chi connectivity index (χ2n) is 6.05. The Labute approximate surface area is 152 Å². The second kappa shape index (κ2) is 8.12. The summed E-state index contributed by atoms with van der Waals surface area (Å²) in [5, 5.41) is 3.18. The summed E-state index contributed by atoms with van der Waals surface area (Å²) in [5.41, 5.74) is 1.01. The van der Waals surface area contributed by atoms with Gasteiger partial charge in [0.05, 0.1) is 10.7 Å². The van der Waals surface area contributed by atoms with Gasteiger partial charge in [0.15, 0.2) is 0 Å². The van der Waals surface area contributed by atoms with Gasteiger partial charge in [0.25, 0.3) is 11.8 Å². The van der Waals surface area contributed by atoms with Crippen molar-refractivity contribution in [3.8, 4) is 0 Å². The van der Waals surface area contributed by atoms with Crippen LogP contribution in [0, 0.1) is 0 Å². The van der Waals surface area contributed by atoms with Crippen molar-refractivity contribution in [1.82, 2.24) is 9.88 Å². The number of halogens is 1. The Morgan fingerprint density at radius 3 is 2.32 bits per heavy atom. The maximum atomic E-state index is 12.7. The van der Waals surface area contributed by atoms with Crippen LogP contribution in [0.15, 0.2) is 42.5 Å². The molecular weight excluding hydrogens is 338 g/mol. The number of carbonyl (C=O) groups excluding carboxylic acids is 2. The lowest BCUT2D eigenvalue weighted by Gasteiger charge is -2.19. The lowest BCUT2D eigenvalue weighted by molar-refractivity contribution is 0.0755. The van der Waals surface area contributed by atoms with Crippen LogP contribution < -0.4 is 5.32 Å². The van der Waals surface area contributed by atoms with Gasteiger partial charge in [-0.05, 0) is 37.1 Å². The van der Waals surface area contributed by atoms with Crippen molar-refractivity contribution >= 4 is 29.1 Å². The first-order chi connectivity index (χ1) is 12.1. The fraction of sp³-hybridized carbons (Fsp3) is 0.316. The van der Waals surface area contributed by atoms with Crippen molar-refractivity contribution in [2.24, 2.45) is 0 Å². The van der Waals surface area contributed by atoms with Crippen molar-refractivity contribution < 1.29 is 9.59 Å². The minimum atomic E-state index is -0.390. The maximum Gasteiger partial charge on any atom is 0.274 e. The van der Waals surface area contributed by atoms with Gasteiger partial charge in [0.2, 0.25) is 0 Å². The molecule has 1 aromatic heterocycles. The zero-order valence-corrected chi connectivity index (χ0v) is 14.6. The molecule has 3 rings (SSSR count). The van der Waals surface area contributed by atoms with Crippen LogP contribution in [0.1, 0.15) is 46.7 Å². The van der Waals surface area contributed by atoms with E-state index in [1.807, 2.05) is 4.90 Å². The van der Waals surface area contributed by atoms with Crippen LogP contribution in [-0.4, -0.2) is 34.8 Å². The minimum absolute atomic E-state index is 0.116. The molecule has 1 aliphatic rings. The fourth-order valence-electron chi connectivity index (χ4n) is 2.86. The average molecular weight is 358 g/mol. The molecule has 1 fully saturated rings. The summed E-state index contributed by atoms with van der Waals surface area (Å²) in [4.78, 5) is 31.1. The first-order valence-corrected chi connectivity index (χ1v) is 8.85. The lowest BCUT2D eigenvalue weighted by Crippen LogP contribution is -2.32. The number of para-hydroxylation sites is 1. The highest BCUT2D eigenvalue weighted by Gasteiger charge is 2.20. The molecule has 1 aliphatic heterocycles. The van der Waals surface area contributed by atoms with E-state index in [0.717, 1.165) is 38.8 Å². The van der Waals surface area contributed by atoms with Crippen molar-refractivity contribution in [2.45, 2.75) is 25.7 Å². The van der Waals surface area contributed by atoms with Gasteiger partial charge in [-0.25, -0.2) is 4.98 Å². The maximum absolute atomic E-state index is 12.7. The van der Waals surface area contributed by atoms with Gasteiger partial charge in [0.1, 0.15) is 11.4 Å². The highest BCUT2D eigenvalue weighted by atomic mass is 35.5. The molecular formula is C19H20ClN3O2. The van der Waals surface area contributed by atoms with E-state index in [0.29, 0.717) is 16.4 Å². The first kappa shape index (κ1) is 17.4. The quantitative estimate of drug-likeness (QED) is 0.902. The van der Waals surface area contributed by atoms with E-state index in [9.17, 15) is 9.59 Å². The van der Waals surface area contributed by atoms with Gasteiger partial charge in [-0.1, -0.05) is 42.6 Å². The molecule has 1 N–H and O–H groups in total. The summed E-state index contributed by atoms with van der Waals surface area (Å²) in [5.74, 6) is -0.507. The summed E-state index contributed by atoms with van der Waals surface area (Å²) in [6.45, 7) is 1.49. The van der Waals surface area contributed by atoms with Crippen molar-refractivity contribution in [1.29, 1.82) is 0 Å². The van der Waals surface area contributed by atoms with Gasteiger partial charge >= 0.3 is 0 Å². The third-order valence-electron chi connectivity index (χ3n) is 4.22. The molecule has 6 heteroatoms. The minimum Gasteiger partial charge on any atom is -0.337 e. The third kappa shape index (κ3) is 4.37. The Kier molecular flexibility index (Phi) is 5.66. The van der Waals surface area contributed by atoms with Crippen LogP contribution in [0.3, 0.4) is 0 Å². The molecule has 2 aromatic rings. The van der Waals surface area contributed by atoms with E-state index in [2.05, 4.69) is 10.3 Å². The van der Waals surface area contributed by atoms with Crippen LogP contribution in [0.25, 0.3) is 0 Å². The van der Waals surface area contributed by atoms with E-state index < -0.39 is 5.91 Å². The number of nitrogens with zero attached hydrogens (tertiary/aromatic N) is 2. The molecule has 25 heavy (non-hydrogen) atoms. The number of rotatable bonds is 3. The zero-order valence-electron chi connectivity index (χ0n) is 13.9. The first-order valence-electron chi connectivity index (χ1n) is 8.47. The predicted molar refractivity (Wildman–Crippen MR) is 98.0 cm³/mol. The molecule has 2 heterocycles. The Bertz CT molecular complexity index is 771. The molecule has 0 bridgehead atoms. The summed E-state index contributed by atoms with van der Waals surface area (Å²) in [6, 6.07) is 11.9. The van der Waals surface area contributed by atoms with Crippen molar-refractivity contribution in [3.05, 3.63) is 58.9 Å². The Hall–Kier alpha value is -2.40.